The van der Waals surface area contributed by atoms with Crippen LogP contribution in [0.25, 0.3) is 6.08 Å². The Morgan fingerprint density at radius 3 is 2.35 bits per heavy atom. The van der Waals surface area contributed by atoms with Crippen molar-refractivity contribution in [2.24, 2.45) is 0 Å². The minimum Gasteiger partial charge on any atom is -0.506 e. The maximum Gasteiger partial charge on any atom is 0.255 e. The average molecular weight is 503 g/mol. The second-order valence-electron chi connectivity index (χ2n) is 8.27. The summed E-state index contributed by atoms with van der Waals surface area (Å²) in [5, 5.41) is 29.8. The van der Waals surface area contributed by atoms with Gasteiger partial charge in [-0.3, -0.25) is 14.4 Å². The lowest BCUT2D eigenvalue weighted by atomic mass is 9.99. The molecule has 0 aliphatic heterocycles. The van der Waals surface area contributed by atoms with E-state index in [4.69, 9.17) is 0 Å². The lowest BCUT2D eigenvalue weighted by Gasteiger charge is -2.18. The number of phenolic OH excluding ortho intramolecular Hbond substituents is 1. The van der Waals surface area contributed by atoms with Gasteiger partial charge in [-0.15, -0.1) is 0 Å². The second-order valence-corrected chi connectivity index (χ2v) is 8.27. The fourth-order valence-corrected chi connectivity index (χ4v) is 3.77. The molecule has 0 heterocycles. The normalized spacial score (nSPS) is 11.6. The summed E-state index contributed by atoms with van der Waals surface area (Å²) in [7, 11) is 3.29. The number of aliphatic hydroxyl groups is 1. The average Bonchev–Trinajstić information content (AvgIpc) is 2.92. The number of amides is 2. The van der Waals surface area contributed by atoms with Crippen molar-refractivity contribution >= 4 is 41.7 Å². The molecule has 1 unspecified atom stereocenters. The van der Waals surface area contributed by atoms with Gasteiger partial charge in [0.05, 0.1) is 11.8 Å². The first-order valence-corrected chi connectivity index (χ1v) is 11.6. The smallest absolute Gasteiger partial charge is 0.255 e. The molecule has 2 amide bonds. The van der Waals surface area contributed by atoms with Crippen LogP contribution >= 0.6 is 0 Å². The van der Waals surface area contributed by atoms with Gasteiger partial charge in [-0.1, -0.05) is 18.2 Å². The molecule has 9 heteroatoms. The molecule has 5 N–H and O–H groups in total. The van der Waals surface area contributed by atoms with Gasteiger partial charge in [0.15, 0.2) is 0 Å². The van der Waals surface area contributed by atoms with E-state index in [-0.39, 0.29) is 18.2 Å². The molecular formula is C28H30N4O5. The van der Waals surface area contributed by atoms with Crippen LogP contribution in [-0.2, 0) is 16.1 Å². The molecule has 0 aliphatic carbocycles. The molecule has 0 spiro atoms. The maximum atomic E-state index is 12.5. The number of hydrogen-bond donors (Lipinski definition) is 5. The summed E-state index contributed by atoms with van der Waals surface area (Å²) in [6, 6.07) is 17.2. The molecule has 0 aromatic heterocycles. The van der Waals surface area contributed by atoms with Crippen LogP contribution in [0.1, 0.15) is 33.2 Å². The van der Waals surface area contributed by atoms with Crippen molar-refractivity contribution in [1.82, 2.24) is 5.32 Å². The topological polar surface area (TPSA) is 131 Å². The summed E-state index contributed by atoms with van der Waals surface area (Å²) in [6.45, 7) is 0.719. The molecule has 1 atom stereocenters. The van der Waals surface area contributed by atoms with Gasteiger partial charge in [0, 0.05) is 49.7 Å². The Morgan fingerprint density at radius 1 is 1.03 bits per heavy atom. The summed E-state index contributed by atoms with van der Waals surface area (Å²) in [5.74, 6) is -0.241. The first kappa shape index (κ1) is 27.1. The number of allylic oxidation sites excluding steroid dienone is 1. The van der Waals surface area contributed by atoms with Crippen molar-refractivity contribution in [1.29, 1.82) is 0 Å². The van der Waals surface area contributed by atoms with E-state index in [1.54, 1.807) is 62.6 Å². The first-order valence-electron chi connectivity index (χ1n) is 11.6. The third-order valence-electron chi connectivity index (χ3n) is 5.78. The van der Waals surface area contributed by atoms with Gasteiger partial charge in [-0.2, -0.15) is 0 Å². The van der Waals surface area contributed by atoms with E-state index in [9.17, 15) is 24.6 Å². The van der Waals surface area contributed by atoms with Crippen LogP contribution in [0, 0.1) is 0 Å². The van der Waals surface area contributed by atoms with Crippen LogP contribution in [0.5, 0.6) is 5.75 Å². The number of rotatable bonds is 12. The molecular weight excluding hydrogens is 472 g/mol. The molecule has 3 rings (SSSR count). The Labute approximate surface area is 215 Å². The van der Waals surface area contributed by atoms with E-state index in [1.807, 2.05) is 12.1 Å². The second kappa shape index (κ2) is 13.0. The minimum atomic E-state index is -0.879. The Balaban J connectivity index is 1.57. The highest BCUT2D eigenvalue weighted by atomic mass is 16.3. The number of nitrogens with one attached hydrogen (secondary N) is 3. The number of aromatic hydroxyl groups is 1. The lowest BCUT2D eigenvalue weighted by molar-refractivity contribution is -0.107. The summed E-state index contributed by atoms with van der Waals surface area (Å²) < 4.78 is 0. The lowest BCUT2D eigenvalue weighted by Crippen LogP contribution is -2.22. The highest BCUT2D eigenvalue weighted by molar-refractivity contribution is 6.04. The Bertz CT molecular complexity index is 1260. The van der Waals surface area contributed by atoms with Gasteiger partial charge in [-0.05, 0) is 65.7 Å². The Hall–Kier alpha value is -4.47. The van der Waals surface area contributed by atoms with E-state index in [0.717, 1.165) is 5.56 Å². The monoisotopic (exact) mass is 502 g/mol. The molecule has 3 aromatic rings. The van der Waals surface area contributed by atoms with Crippen molar-refractivity contribution in [3.05, 3.63) is 89.0 Å². The van der Waals surface area contributed by atoms with Gasteiger partial charge >= 0.3 is 0 Å². The van der Waals surface area contributed by atoms with Gasteiger partial charge in [0.2, 0.25) is 6.41 Å². The van der Waals surface area contributed by atoms with Gasteiger partial charge in [-0.25, -0.2) is 0 Å². The standard InChI is InChI=1S/C28H30N4O5/c1-29-27-24(4-3-15-33)23(13-14-25(27)35)26(36)17-30-16-19-5-9-21(10-6-19)31-28(37)20-7-11-22(12-8-20)32(2)18-34/h3-15,18,26,29-30,35-36H,16-17H2,1-2H3,(H,31,37)/b4-3-. The largest absolute Gasteiger partial charge is 0.506 e. The summed E-state index contributed by atoms with van der Waals surface area (Å²) in [6.07, 6.45) is 3.30. The van der Waals surface area contributed by atoms with E-state index < -0.39 is 6.10 Å². The number of aldehydes is 1. The highest BCUT2D eigenvalue weighted by Crippen LogP contribution is 2.33. The summed E-state index contributed by atoms with van der Waals surface area (Å²) in [5.41, 5.74) is 4.28. The quantitative estimate of drug-likeness (QED) is 0.146. The third kappa shape index (κ3) is 7.03. The van der Waals surface area contributed by atoms with E-state index in [0.29, 0.717) is 53.0 Å². The molecule has 0 radical (unpaired) electrons. The van der Waals surface area contributed by atoms with Gasteiger partial charge in [0.1, 0.15) is 12.0 Å². The van der Waals surface area contributed by atoms with Crippen LogP contribution in [-0.4, -0.2) is 49.5 Å². The van der Waals surface area contributed by atoms with Crippen molar-refractivity contribution in [3.8, 4) is 5.75 Å². The molecule has 3 aromatic carbocycles. The number of phenols is 1. The van der Waals surface area contributed by atoms with Crippen LogP contribution in [0.4, 0.5) is 17.1 Å². The molecule has 0 saturated heterocycles. The number of anilines is 3. The molecule has 192 valence electrons. The molecule has 0 aliphatic rings. The molecule has 37 heavy (non-hydrogen) atoms. The maximum absolute atomic E-state index is 12.5. The van der Waals surface area contributed by atoms with E-state index in [2.05, 4.69) is 16.0 Å². The van der Waals surface area contributed by atoms with E-state index in [1.165, 1.54) is 17.0 Å². The van der Waals surface area contributed by atoms with Crippen LogP contribution in [0.3, 0.4) is 0 Å². The fraction of sp³-hybridized carbons (Fsp3) is 0.179. The predicted molar refractivity (Wildman–Crippen MR) is 145 cm³/mol. The molecule has 0 fully saturated rings. The SMILES string of the molecule is CNc1c(O)ccc(C(O)CNCc2ccc(NC(=O)c3ccc(N(C)C=O)cc3)cc2)c1/C=C\C=O. The first-order chi connectivity index (χ1) is 17.9. The molecule has 0 saturated carbocycles. The number of carbonyl (C=O) groups excluding carboxylic acids is 3. The van der Waals surface area contributed by atoms with Crippen molar-refractivity contribution in [2.45, 2.75) is 12.6 Å². The number of carbonyl (C=O) groups is 3. The zero-order valence-electron chi connectivity index (χ0n) is 20.6. The zero-order chi connectivity index (χ0) is 26.8. The summed E-state index contributed by atoms with van der Waals surface area (Å²) in [4.78, 5) is 35.6. The molecule has 0 bridgehead atoms. The third-order valence-corrected chi connectivity index (χ3v) is 5.78. The van der Waals surface area contributed by atoms with Crippen LogP contribution in [0.2, 0.25) is 0 Å². The number of hydrogen-bond acceptors (Lipinski definition) is 7. The number of aliphatic hydroxyl groups excluding tert-OH is 1. The Morgan fingerprint density at radius 2 is 1.73 bits per heavy atom. The van der Waals surface area contributed by atoms with Crippen molar-refractivity contribution in [2.75, 3.05) is 36.2 Å². The highest BCUT2D eigenvalue weighted by Gasteiger charge is 2.16. The minimum absolute atomic E-state index is 0.0201. The zero-order valence-corrected chi connectivity index (χ0v) is 20.6. The van der Waals surface area contributed by atoms with Crippen molar-refractivity contribution < 1.29 is 24.6 Å². The summed E-state index contributed by atoms with van der Waals surface area (Å²) >= 11 is 0. The van der Waals surface area contributed by atoms with Gasteiger partial charge < -0.3 is 31.1 Å². The van der Waals surface area contributed by atoms with Gasteiger partial charge in [0.25, 0.3) is 5.91 Å². The Kier molecular flexibility index (Phi) is 9.54. The van der Waals surface area contributed by atoms with Crippen LogP contribution in [0.15, 0.2) is 66.7 Å². The predicted octanol–water partition coefficient (Wildman–Crippen LogP) is 3.31. The number of benzene rings is 3. The van der Waals surface area contributed by atoms with Crippen molar-refractivity contribution in [3.63, 3.8) is 0 Å². The van der Waals surface area contributed by atoms with Crippen LogP contribution < -0.4 is 20.9 Å². The number of nitrogens with zero attached hydrogens (tertiary/aromatic N) is 1. The molecule has 9 nitrogen and oxygen atoms in total. The van der Waals surface area contributed by atoms with E-state index >= 15 is 0 Å². The fourth-order valence-electron chi connectivity index (χ4n) is 3.77.